The van der Waals surface area contributed by atoms with Crippen LogP contribution >= 0.6 is 0 Å². The lowest BCUT2D eigenvalue weighted by molar-refractivity contribution is -0.191. The summed E-state index contributed by atoms with van der Waals surface area (Å²) in [5.74, 6) is -3.58. The van der Waals surface area contributed by atoms with Crippen LogP contribution in [-0.2, 0) is 38.1 Å². The molecule has 4 atom stereocenters. The summed E-state index contributed by atoms with van der Waals surface area (Å²) in [6.45, 7) is 5.12. The van der Waals surface area contributed by atoms with Crippen LogP contribution in [-0.4, -0.2) is 48.3 Å². The van der Waals surface area contributed by atoms with Gasteiger partial charge < -0.3 is 18.9 Å². The molecule has 8 nitrogen and oxygen atoms in total. The van der Waals surface area contributed by atoms with Crippen LogP contribution in [0.1, 0.15) is 27.7 Å². The first-order chi connectivity index (χ1) is 9.22. The number of carbonyl (C=O) groups excluding carboxylic acids is 4. The molecule has 0 amide bonds. The van der Waals surface area contributed by atoms with Crippen molar-refractivity contribution >= 4 is 23.9 Å². The topological polar surface area (TPSA) is 105 Å². The zero-order valence-corrected chi connectivity index (χ0v) is 11.6. The van der Waals surface area contributed by atoms with E-state index in [1.165, 1.54) is 27.7 Å². The Morgan fingerprint density at radius 2 is 0.650 bits per heavy atom. The van der Waals surface area contributed by atoms with E-state index >= 15 is 0 Å². The third-order valence-electron chi connectivity index (χ3n) is 2.50. The highest BCUT2D eigenvalue weighted by Crippen LogP contribution is 2.09. The average Bonchev–Trinajstić information content (AvgIpc) is 2.36. The second kappa shape index (κ2) is 6.36. The molecule has 1 fully saturated rings. The van der Waals surface area contributed by atoms with E-state index in [2.05, 4.69) is 0 Å². The van der Waals surface area contributed by atoms with E-state index in [-0.39, 0.29) is 0 Å². The highest BCUT2D eigenvalue weighted by Gasteiger charge is 2.32. The average molecular weight is 288 g/mol. The molecule has 0 radical (unpaired) electrons. The fourth-order valence-corrected chi connectivity index (χ4v) is 1.27. The third kappa shape index (κ3) is 3.94. The Kier molecular flexibility index (Phi) is 5.06. The smallest absolute Gasteiger partial charge is 0.347 e. The van der Waals surface area contributed by atoms with E-state index in [4.69, 9.17) is 18.9 Å². The zero-order chi connectivity index (χ0) is 15.4. The van der Waals surface area contributed by atoms with Crippen molar-refractivity contribution in [3.8, 4) is 0 Å². The third-order valence-corrected chi connectivity index (χ3v) is 2.50. The molecule has 0 aliphatic carbocycles. The van der Waals surface area contributed by atoms with Gasteiger partial charge in [-0.3, -0.25) is 0 Å². The standard InChI is InChI=1S/C12H16O8/c1-5-9(13)18-7(3)11(15)20-8(4)12(16)19-6(2)10(14)17-5/h5-8H,1-4H3/t5-,6+,7+,8-. The molecule has 0 bridgehead atoms. The van der Waals surface area contributed by atoms with E-state index in [0.29, 0.717) is 0 Å². The summed E-state index contributed by atoms with van der Waals surface area (Å²) in [5.41, 5.74) is 0. The predicted octanol–water partition coefficient (Wildman–Crippen LogP) is -0.273. The van der Waals surface area contributed by atoms with Crippen LogP contribution in [0, 0.1) is 0 Å². The number of hydrogen-bond donors (Lipinski definition) is 0. The molecule has 112 valence electrons. The summed E-state index contributed by atoms with van der Waals surface area (Å²) in [6, 6.07) is 0. The lowest BCUT2D eigenvalue weighted by Crippen LogP contribution is -2.40. The highest BCUT2D eigenvalue weighted by atomic mass is 16.7. The molecular formula is C12H16O8. The van der Waals surface area contributed by atoms with Gasteiger partial charge in [0.1, 0.15) is 0 Å². The minimum absolute atomic E-state index is 0.894. The van der Waals surface area contributed by atoms with Gasteiger partial charge in [-0.1, -0.05) is 0 Å². The molecular weight excluding hydrogens is 272 g/mol. The summed E-state index contributed by atoms with van der Waals surface area (Å²) in [4.78, 5) is 46.3. The first kappa shape index (κ1) is 15.9. The number of ether oxygens (including phenoxy) is 4. The quantitative estimate of drug-likeness (QED) is 0.443. The van der Waals surface area contributed by atoms with Gasteiger partial charge in [-0.25, -0.2) is 19.2 Å². The van der Waals surface area contributed by atoms with Crippen LogP contribution < -0.4 is 0 Å². The molecule has 20 heavy (non-hydrogen) atoms. The van der Waals surface area contributed by atoms with Crippen LogP contribution in [0.25, 0.3) is 0 Å². The van der Waals surface area contributed by atoms with Gasteiger partial charge in [0.2, 0.25) is 0 Å². The molecule has 1 heterocycles. The molecule has 1 rings (SSSR count). The van der Waals surface area contributed by atoms with E-state index in [9.17, 15) is 19.2 Å². The Morgan fingerprint density at radius 1 is 0.500 bits per heavy atom. The van der Waals surface area contributed by atoms with Gasteiger partial charge in [-0.05, 0) is 27.7 Å². The monoisotopic (exact) mass is 288 g/mol. The summed E-state index contributed by atoms with van der Waals surface area (Å²) >= 11 is 0. The highest BCUT2D eigenvalue weighted by molar-refractivity contribution is 5.87. The normalized spacial score (nSPS) is 33.0. The number of rotatable bonds is 0. The molecule has 0 aromatic carbocycles. The molecule has 0 saturated carbocycles. The SMILES string of the molecule is C[C@@H]1OC(=O)[C@@H](C)OC(=O)[C@H](C)OC(=O)[C@@H](C)OC1=O. The Labute approximate surface area is 115 Å². The summed E-state index contributed by atoms with van der Waals surface area (Å²) in [7, 11) is 0. The largest absolute Gasteiger partial charge is 0.448 e. The number of hydrogen-bond acceptors (Lipinski definition) is 8. The lowest BCUT2D eigenvalue weighted by atomic mass is 10.3. The van der Waals surface area contributed by atoms with E-state index in [0.717, 1.165) is 0 Å². The molecule has 0 aromatic heterocycles. The predicted molar refractivity (Wildman–Crippen MR) is 62.2 cm³/mol. The van der Waals surface area contributed by atoms with Gasteiger partial charge in [0.15, 0.2) is 24.4 Å². The minimum Gasteiger partial charge on any atom is -0.448 e. The molecule has 0 unspecified atom stereocenters. The maximum atomic E-state index is 11.6. The first-order valence-electron chi connectivity index (χ1n) is 6.04. The van der Waals surface area contributed by atoms with Crippen molar-refractivity contribution in [2.75, 3.05) is 0 Å². The Hall–Kier alpha value is -2.12. The van der Waals surface area contributed by atoms with Crippen molar-refractivity contribution < 1.29 is 38.1 Å². The van der Waals surface area contributed by atoms with Crippen molar-refractivity contribution in [2.24, 2.45) is 0 Å². The molecule has 1 saturated heterocycles. The summed E-state index contributed by atoms with van der Waals surface area (Å²) in [5, 5.41) is 0. The summed E-state index contributed by atoms with van der Waals surface area (Å²) < 4.78 is 19.1. The Morgan fingerprint density at radius 3 is 0.800 bits per heavy atom. The fraction of sp³-hybridized carbons (Fsp3) is 0.667. The van der Waals surface area contributed by atoms with Crippen LogP contribution in [0.5, 0.6) is 0 Å². The number of esters is 4. The van der Waals surface area contributed by atoms with Crippen molar-refractivity contribution in [3.63, 3.8) is 0 Å². The molecule has 0 spiro atoms. The Bertz CT molecular complexity index is 349. The minimum atomic E-state index is -1.23. The van der Waals surface area contributed by atoms with E-state index in [1.807, 2.05) is 0 Å². The van der Waals surface area contributed by atoms with Gasteiger partial charge in [0, 0.05) is 0 Å². The molecule has 1 aliphatic heterocycles. The maximum absolute atomic E-state index is 11.6. The lowest BCUT2D eigenvalue weighted by Gasteiger charge is -2.22. The van der Waals surface area contributed by atoms with Crippen molar-refractivity contribution in [1.29, 1.82) is 0 Å². The first-order valence-corrected chi connectivity index (χ1v) is 6.04. The van der Waals surface area contributed by atoms with Gasteiger partial charge in [-0.2, -0.15) is 0 Å². The van der Waals surface area contributed by atoms with Gasteiger partial charge in [0.05, 0.1) is 0 Å². The van der Waals surface area contributed by atoms with Crippen LogP contribution in [0.2, 0.25) is 0 Å². The van der Waals surface area contributed by atoms with Crippen LogP contribution in [0.3, 0.4) is 0 Å². The molecule has 0 aromatic rings. The molecule has 0 N–H and O–H groups in total. The second-order valence-electron chi connectivity index (χ2n) is 4.32. The van der Waals surface area contributed by atoms with Gasteiger partial charge in [0.25, 0.3) is 0 Å². The molecule has 1 aliphatic rings. The number of cyclic esters (lactones) is 4. The summed E-state index contributed by atoms with van der Waals surface area (Å²) in [6.07, 6.45) is -4.90. The van der Waals surface area contributed by atoms with E-state index < -0.39 is 48.3 Å². The Balaban J connectivity index is 2.92. The fourth-order valence-electron chi connectivity index (χ4n) is 1.27. The maximum Gasteiger partial charge on any atom is 0.347 e. The van der Waals surface area contributed by atoms with Crippen molar-refractivity contribution in [3.05, 3.63) is 0 Å². The van der Waals surface area contributed by atoms with Gasteiger partial charge >= 0.3 is 23.9 Å². The van der Waals surface area contributed by atoms with E-state index in [1.54, 1.807) is 0 Å². The number of carbonyl (C=O) groups is 4. The van der Waals surface area contributed by atoms with Crippen LogP contribution in [0.15, 0.2) is 0 Å². The molecule has 8 heteroatoms. The van der Waals surface area contributed by atoms with Crippen molar-refractivity contribution in [2.45, 2.75) is 52.1 Å². The zero-order valence-electron chi connectivity index (χ0n) is 11.6. The second-order valence-corrected chi connectivity index (χ2v) is 4.32. The van der Waals surface area contributed by atoms with Crippen LogP contribution in [0.4, 0.5) is 0 Å². The van der Waals surface area contributed by atoms with Crippen molar-refractivity contribution in [1.82, 2.24) is 0 Å². The van der Waals surface area contributed by atoms with Gasteiger partial charge in [-0.15, -0.1) is 0 Å².